The molecule has 0 radical (unpaired) electrons. The van der Waals surface area contributed by atoms with Gasteiger partial charge in [-0.3, -0.25) is 0 Å². The van der Waals surface area contributed by atoms with Crippen LogP contribution in [0.5, 0.6) is 0 Å². The summed E-state index contributed by atoms with van der Waals surface area (Å²) < 4.78 is 44.4. The van der Waals surface area contributed by atoms with E-state index in [1.807, 2.05) is 13.8 Å². The van der Waals surface area contributed by atoms with Gasteiger partial charge in [-0.1, -0.05) is 13.8 Å². The second kappa shape index (κ2) is 18.2. The van der Waals surface area contributed by atoms with Crippen LogP contribution in [0.1, 0.15) is 13.8 Å². The fourth-order valence-electron chi connectivity index (χ4n) is 2.17. The molecular formula is C16H34B2O8. The first kappa shape index (κ1) is 23.8. The van der Waals surface area contributed by atoms with Crippen LogP contribution in [0.25, 0.3) is 0 Å². The molecule has 1 saturated heterocycles. The molecule has 1 fully saturated rings. The topological polar surface area (TPSA) is 73.8 Å². The van der Waals surface area contributed by atoms with Crippen molar-refractivity contribution in [2.75, 3.05) is 79.3 Å². The van der Waals surface area contributed by atoms with Crippen molar-refractivity contribution in [2.24, 2.45) is 0 Å². The van der Waals surface area contributed by atoms with E-state index in [0.717, 1.165) is 12.6 Å². The van der Waals surface area contributed by atoms with Gasteiger partial charge in [-0.05, 0) is 12.6 Å². The molecular weight excluding hydrogens is 342 g/mol. The summed E-state index contributed by atoms with van der Waals surface area (Å²) in [4.78, 5) is 0. The Hall–Kier alpha value is -0.190. The van der Waals surface area contributed by atoms with Crippen LogP contribution < -0.4 is 0 Å². The number of hydrogen-bond acceptors (Lipinski definition) is 8. The largest absolute Gasteiger partial charge is 0.456 e. The molecule has 0 saturated carbocycles. The van der Waals surface area contributed by atoms with Crippen molar-refractivity contribution in [3.63, 3.8) is 0 Å². The lowest BCUT2D eigenvalue weighted by molar-refractivity contribution is 0.00887. The van der Waals surface area contributed by atoms with Crippen molar-refractivity contribution in [1.82, 2.24) is 0 Å². The van der Waals surface area contributed by atoms with Gasteiger partial charge in [0.15, 0.2) is 0 Å². The quantitative estimate of drug-likeness (QED) is 0.665. The van der Waals surface area contributed by atoms with Gasteiger partial charge in [-0.15, -0.1) is 0 Å². The van der Waals surface area contributed by atoms with Crippen molar-refractivity contribution in [1.29, 1.82) is 0 Å². The maximum Gasteiger partial charge on any atom is 0.456 e. The lowest BCUT2D eigenvalue weighted by atomic mass is 9.86. The van der Waals surface area contributed by atoms with E-state index in [-0.39, 0.29) is 14.2 Å². The molecule has 10 heteroatoms. The van der Waals surface area contributed by atoms with Crippen molar-refractivity contribution >= 4 is 14.2 Å². The molecule has 0 aromatic carbocycles. The van der Waals surface area contributed by atoms with Gasteiger partial charge < -0.3 is 37.6 Å². The number of rotatable bonds is 2. The summed E-state index contributed by atoms with van der Waals surface area (Å²) in [6.45, 7) is 10.2. The third-order valence-electron chi connectivity index (χ3n) is 3.54. The van der Waals surface area contributed by atoms with Gasteiger partial charge in [0, 0.05) is 0 Å². The Morgan fingerprint density at radius 2 is 0.654 bits per heavy atom. The second-order valence-electron chi connectivity index (χ2n) is 5.61. The van der Waals surface area contributed by atoms with E-state index in [9.17, 15) is 0 Å². The first-order chi connectivity index (χ1) is 12.9. The van der Waals surface area contributed by atoms with Crippen molar-refractivity contribution < 1.29 is 37.6 Å². The Kier molecular flexibility index (Phi) is 16.7. The highest BCUT2D eigenvalue weighted by Gasteiger charge is 2.15. The van der Waals surface area contributed by atoms with Crippen LogP contribution in [0.4, 0.5) is 0 Å². The molecule has 1 aliphatic heterocycles. The molecule has 0 N–H and O–H groups in total. The summed E-state index contributed by atoms with van der Waals surface area (Å²) in [5, 5.41) is 0. The second-order valence-corrected chi connectivity index (χ2v) is 5.61. The molecule has 152 valence electrons. The van der Waals surface area contributed by atoms with Crippen LogP contribution in [0, 0.1) is 0 Å². The third-order valence-corrected chi connectivity index (χ3v) is 3.54. The van der Waals surface area contributed by atoms with Gasteiger partial charge in [-0.2, -0.15) is 0 Å². The van der Waals surface area contributed by atoms with Gasteiger partial charge in [0.1, 0.15) is 0 Å². The summed E-state index contributed by atoms with van der Waals surface area (Å²) in [7, 11) is -0.457. The van der Waals surface area contributed by atoms with Crippen LogP contribution in [0.3, 0.4) is 0 Å². The molecule has 0 spiro atoms. The Morgan fingerprint density at radius 3 is 0.885 bits per heavy atom. The molecule has 0 aromatic heterocycles. The Balaban J connectivity index is 2.22. The summed E-state index contributed by atoms with van der Waals surface area (Å²) in [6, 6.07) is 0. The van der Waals surface area contributed by atoms with Gasteiger partial charge in [0.05, 0.1) is 79.3 Å². The van der Waals surface area contributed by atoms with Crippen molar-refractivity contribution in [3.8, 4) is 0 Å². The Labute approximate surface area is 158 Å². The van der Waals surface area contributed by atoms with Crippen molar-refractivity contribution in [2.45, 2.75) is 26.5 Å². The maximum absolute atomic E-state index is 5.63. The van der Waals surface area contributed by atoms with Crippen LogP contribution in [0.2, 0.25) is 12.6 Å². The first-order valence-corrected chi connectivity index (χ1v) is 9.64. The fourth-order valence-corrected chi connectivity index (χ4v) is 2.17. The predicted octanol–water partition coefficient (Wildman–Crippen LogP) is 1.15. The fraction of sp³-hybridized carbons (Fsp3) is 1.00. The van der Waals surface area contributed by atoms with Gasteiger partial charge >= 0.3 is 14.2 Å². The summed E-state index contributed by atoms with van der Waals surface area (Å²) >= 11 is 0. The lowest BCUT2D eigenvalue weighted by Crippen LogP contribution is -2.27. The smallest absolute Gasteiger partial charge is 0.409 e. The molecule has 1 rings (SSSR count). The SMILES string of the molecule is CCB1OCCOCCOCCOB(CC)OCCOCCOCCO1. The van der Waals surface area contributed by atoms with E-state index < -0.39 is 0 Å². The highest BCUT2D eigenvalue weighted by atomic mass is 16.6. The van der Waals surface area contributed by atoms with Gasteiger partial charge in [-0.25, -0.2) is 0 Å². The lowest BCUT2D eigenvalue weighted by Gasteiger charge is -2.15. The monoisotopic (exact) mass is 376 g/mol. The normalized spacial score (nSPS) is 22.4. The van der Waals surface area contributed by atoms with E-state index in [1.54, 1.807) is 0 Å². The molecule has 0 atom stereocenters. The van der Waals surface area contributed by atoms with E-state index in [1.165, 1.54) is 0 Å². The molecule has 0 bridgehead atoms. The maximum atomic E-state index is 5.63. The van der Waals surface area contributed by atoms with E-state index >= 15 is 0 Å². The minimum Gasteiger partial charge on any atom is -0.409 e. The molecule has 8 nitrogen and oxygen atoms in total. The summed E-state index contributed by atoms with van der Waals surface area (Å²) in [5.41, 5.74) is 0. The molecule has 0 unspecified atom stereocenters. The van der Waals surface area contributed by atoms with E-state index in [2.05, 4.69) is 0 Å². The molecule has 1 aliphatic rings. The average Bonchev–Trinajstić information content (AvgIpc) is 2.66. The molecule has 26 heavy (non-hydrogen) atoms. The van der Waals surface area contributed by atoms with Gasteiger partial charge in [0.25, 0.3) is 0 Å². The van der Waals surface area contributed by atoms with Crippen LogP contribution in [-0.2, 0) is 37.6 Å². The first-order valence-electron chi connectivity index (χ1n) is 9.64. The van der Waals surface area contributed by atoms with E-state index in [4.69, 9.17) is 37.6 Å². The zero-order valence-corrected chi connectivity index (χ0v) is 16.3. The number of ether oxygens (including phenoxy) is 4. The Bertz CT molecular complexity index is 249. The van der Waals surface area contributed by atoms with E-state index in [0.29, 0.717) is 79.3 Å². The highest BCUT2D eigenvalue weighted by Crippen LogP contribution is 1.98. The van der Waals surface area contributed by atoms with Crippen LogP contribution in [0.15, 0.2) is 0 Å². The zero-order chi connectivity index (χ0) is 18.7. The predicted molar refractivity (Wildman–Crippen MR) is 99.6 cm³/mol. The number of hydrogen-bond donors (Lipinski definition) is 0. The standard InChI is InChI=1S/C16H34B2O8/c1-3-17-23-13-9-19-5-7-21-11-15-25-18(4-2)26-16-12-22-8-6-20-10-14-24-17/h3-16H2,1-2H3. The average molecular weight is 376 g/mol. The minimum atomic E-state index is -0.228. The summed E-state index contributed by atoms with van der Waals surface area (Å²) in [5.74, 6) is 0. The third kappa shape index (κ3) is 13.9. The molecule has 1 heterocycles. The molecule has 0 amide bonds. The van der Waals surface area contributed by atoms with Crippen molar-refractivity contribution in [3.05, 3.63) is 0 Å². The van der Waals surface area contributed by atoms with Crippen LogP contribution >= 0.6 is 0 Å². The Morgan fingerprint density at radius 1 is 0.423 bits per heavy atom. The molecule has 0 aromatic rings. The van der Waals surface area contributed by atoms with Gasteiger partial charge in [0.2, 0.25) is 0 Å². The zero-order valence-electron chi connectivity index (χ0n) is 16.3. The summed E-state index contributed by atoms with van der Waals surface area (Å²) in [6.07, 6.45) is 1.57. The minimum absolute atomic E-state index is 0.228. The molecule has 0 aliphatic carbocycles. The van der Waals surface area contributed by atoms with Crippen LogP contribution in [-0.4, -0.2) is 93.5 Å². The highest BCUT2D eigenvalue weighted by molar-refractivity contribution is 6.44.